The average Bonchev–Trinajstić information content (AvgIpc) is 2.97. The molecule has 0 bridgehead atoms. The van der Waals surface area contributed by atoms with Crippen LogP contribution >= 0.6 is 11.6 Å². The monoisotopic (exact) mass is 317 g/mol. The molecular weight excluding hydrogens is 302 g/mol. The molecule has 0 radical (unpaired) electrons. The lowest BCUT2D eigenvalue weighted by Gasteiger charge is -2.20. The summed E-state index contributed by atoms with van der Waals surface area (Å²) in [6.45, 7) is 0.613. The van der Waals surface area contributed by atoms with Crippen molar-refractivity contribution in [3.05, 3.63) is 59.2 Å². The Morgan fingerprint density at radius 1 is 1.23 bits per heavy atom. The fraction of sp³-hybridized carbons (Fsp3) is 0.250. The molecule has 0 spiro atoms. The van der Waals surface area contributed by atoms with Crippen molar-refractivity contribution in [3.8, 4) is 0 Å². The van der Waals surface area contributed by atoms with Gasteiger partial charge < -0.3 is 10.1 Å². The number of amides is 2. The minimum atomic E-state index is -0.284. The predicted octanol–water partition coefficient (Wildman–Crippen LogP) is 3.39. The van der Waals surface area contributed by atoms with Gasteiger partial charge in [0.05, 0.1) is 6.04 Å². The highest BCUT2D eigenvalue weighted by molar-refractivity contribution is 6.30. The van der Waals surface area contributed by atoms with Gasteiger partial charge in [0.1, 0.15) is 11.9 Å². The predicted molar refractivity (Wildman–Crippen MR) is 84.9 cm³/mol. The summed E-state index contributed by atoms with van der Waals surface area (Å²) < 4.78 is 5.74. The SMILES string of the molecule is O=C(Nc1ccccn1)NC1CCOC1c1ccc(Cl)cc1. The Balaban J connectivity index is 1.63. The number of carbonyl (C=O) groups is 1. The maximum absolute atomic E-state index is 12.1. The summed E-state index contributed by atoms with van der Waals surface area (Å²) in [6, 6.07) is 12.5. The third-order valence-corrected chi connectivity index (χ3v) is 3.77. The zero-order chi connectivity index (χ0) is 15.4. The molecule has 1 aliphatic heterocycles. The van der Waals surface area contributed by atoms with Gasteiger partial charge in [-0.25, -0.2) is 9.78 Å². The van der Waals surface area contributed by atoms with Gasteiger partial charge in [-0.05, 0) is 36.2 Å². The molecule has 2 unspecified atom stereocenters. The molecule has 2 aromatic rings. The highest BCUT2D eigenvalue weighted by Crippen LogP contribution is 2.29. The van der Waals surface area contributed by atoms with Crippen molar-refractivity contribution < 1.29 is 9.53 Å². The van der Waals surface area contributed by atoms with Crippen LogP contribution in [0.2, 0.25) is 5.02 Å². The first-order chi connectivity index (χ1) is 10.7. The first-order valence-electron chi connectivity index (χ1n) is 7.08. The van der Waals surface area contributed by atoms with Gasteiger partial charge in [0, 0.05) is 17.8 Å². The zero-order valence-corrected chi connectivity index (χ0v) is 12.6. The number of nitrogens with one attached hydrogen (secondary N) is 2. The molecule has 1 aliphatic rings. The zero-order valence-electron chi connectivity index (χ0n) is 11.8. The summed E-state index contributed by atoms with van der Waals surface area (Å²) in [5, 5.41) is 6.33. The van der Waals surface area contributed by atoms with E-state index in [1.54, 1.807) is 18.3 Å². The highest BCUT2D eigenvalue weighted by Gasteiger charge is 2.30. The van der Waals surface area contributed by atoms with Crippen molar-refractivity contribution in [2.75, 3.05) is 11.9 Å². The van der Waals surface area contributed by atoms with Crippen LogP contribution in [0.25, 0.3) is 0 Å². The van der Waals surface area contributed by atoms with Crippen LogP contribution in [0.3, 0.4) is 0 Å². The molecule has 2 amide bonds. The molecule has 2 heterocycles. The molecule has 6 heteroatoms. The lowest BCUT2D eigenvalue weighted by atomic mass is 10.0. The first-order valence-corrected chi connectivity index (χ1v) is 7.46. The third-order valence-electron chi connectivity index (χ3n) is 3.51. The van der Waals surface area contributed by atoms with E-state index in [4.69, 9.17) is 16.3 Å². The molecule has 1 saturated heterocycles. The lowest BCUT2D eigenvalue weighted by molar-refractivity contribution is 0.100. The van der Waals surface area contributed by atoms with E-state index in [2.05, 4.69) is 15.6 Å². The molecule has 5 nitrogen and oxygen atoms in total. The molecule has 2 N–H and O–H groups in total. The van der Waals surface area contributed by atoms with E-state index in [0.717, 1.165) is 12.0 Å². The van der Waals surface area contributed by atoms with Crippen molar-refractivity contribution >= 4 is 23.4 Å². The number of benzene rings is 1. The maximum atomic E-state index is 12.1. The number of pyridine rings is 1. The largest absolute Gasteiger partial charge is 0.371 e. The third kappa shape index (κ3) is 3.55. The summed E-state index contributed by atoms with van der Waals surface area (Å²) in [5.74, 6) is 0.516. The van der Waals surface area contributed by atoms with Crippen LogP contribution in [0.15, 0.2) is 48.7 Å². The van der Waals surface area contributed by atoms with E-state index < -0.39 is 0 Å². The maximum Gasteiger partial charge on any atom is 0.320 e. The fourth-order valence-electron chi connectivity index (χ4n) is 2.48. The van der Waals surface area contributed by atoms with Crippen molar-refractivity contribution in [2.24, 2.45) is 0 Å². The van der Waals surface area contributed by atoms with Crippen LogP contribution < -0.4 is 10.6 Å². The van der Waals surface area contributed by atoms with Gasteiger partial charge >= 0.3 is 6.03 Å². The molecule has 3 rings (SSSR count). The minimum Gasteiger partial charge on any atom is -0.371 e. The number of hydrogen-bond donors (Lipinski definition) is 2. The topological polar surface area (TPSA) is 63.2 Å². The summed E-state index contributed by atoms with van der Waals surface area (Å²) >= 11 is 5.90. The van der Waals surface area contributed by atoms with E-state index in [1.807, 2.05) is 30.3 Å². The van der Waals surface area contributed by atoms with Crippen molar-refractivity contribution in [2.45, 2.75) is 18.6 Å². The number of rotatable bonds is 3. The molecule has 114 valence electrons. The normalized spacial score (nSPS) is 20.6. The summed E-state index contributed by atoms with van der Waals surface area (Å²) in [6.07, 6.45) is 2.24. The Kier molecular flexibility index (Phi) is 4.56. The Morgan fingerprint density at radius 3 is 2.77 bits per heavy atom. The van der Waals surface area contributed by atoms with Crippen LogP contribution in [0.4, 0.5) is 10.6 Å². The van der Waals surface area contributed by atoms with Gasteiger partial charge in [-0.15, -0.1) is 0 Å². The van der Waals surface area contributed by atoms with Gasteiger partial charge in [0.2, 0.25) is 0 Å². The second-order valence-electron chi connectivity index (χ2n) is 5.05. The standard InChI is InChI=1S/C16H16ClN3O2/c17-12-6-4-11(5-7-12)15-13(8-10-22-15)19-16(21)20-14-3-1-2-9-18-14/h1-7,9,13,15H,8,10H2,(H2,18,19,20,21). The molecule has 1 aromatic carbocycles. The van der Waals surface area contributed by atoms with Gasteiger partial charge in [-0.1, -0.05) is 29.8 Å². The van der Waals surface area contributed by atoms with E-state index in [0.29, 0.717) is 17.4 Å². The number of urea groups is 1. The Hall–Kier alpha value is -2.11. The van der Waals surface area contributed by atoms with Crippen LogP contribution in [-0.4, -0.2) is 23.7 Å². The van der Waals surface area contributed by atoms with Crippen LogP contribution in [0.1, 0.15) is 18.1 Å². The van der Waals surface area contributed by atoms with Crippen molar-refractivity contribution in [3.63, 3.8) is 0 Å². The molecule has 0 aliphatic carbocycles. The number of ether oxygens (including phenoxy) is 1. The number of nitrogens with zero attached hydrogens (tertiary/aromatic N) is 1. The quantitative estimate of drug-likeness (QED) is 0.912. The van der Waals surface area contributed by atoms with Crippen LogP contribution in [0.5, 0.6) is 0 Å². The number of anilines is 1. The fourth-order valence-corrected chi connectivity index (χ4v) is 2.60. The Bertz CT molecular complexity index is 634. The summed E-state index contributed by atoms with van der Waals surface area (Å²) in [4.78, 5) is 16.1. The first kappa shape index (κ1) is 14.8. The van der Waals surface area contributed by atoms with E-state index >= 15 is 0 Å². The number of aromatic nitrogens is 1. The lowest BCUT2D eigenvalue weighted by Crippen LogP contribution is -2.39. The smallest absolute Gasteiger partial charge is 0.320 e. The molecule has 1 aromatic heterocycles. The van der Waals surface area contributed by atoms with Crippen LogP contribution in [-0.2, 0) is 4.74 Å². The molecule has 1 fully saturated rings. The second kappa shape index (κ2) is 6.77. The Morgan fingerprint density at radius 2 is 2.05 bits per heavy atom. The average molecular weight is 318 g/mol. The van der Waals surface area contributed by atoms with E-state index in [1.165, 1.54) is 0 Å². The molecule has 22 heavy (non-hydrogen) atoms. The second-order valence-corrected chi connectivity index (χ2v) is 5.49. The molecule has 0 saturated carbocycles. The summed E-state index contributed by atoms with van der Waals surface area (Å²) in [5.41, 5.74) is 1.00. The van der Waals surface area contributed by atoms with Gasteiger partial charge in [0.25, 0.3) is 0 Å². The molecular formula is C16H16ClN3O2. The molecule has 2 atom stereocenters. The van der Waals surface area contributed by atoms with Gasteiger partial charge in [-0.3, -0.25) is 5.32 Å². The van der Waals surface area contributed by atoms with Crippen molar-refractivity contribution in [1.82, 2.24) is 10.3 Å². The number of carbonyl (C=O) groups excluding carboxylic acids is 1. The number of halogens is 1. The van der Waals surface area contributed by atoms with Gasteiger partial charge in [-0.2, -0.15) is 0 Å². The Labute approximate surface area is 133 Å². The highest BCUT2D eigenvalue weighted by atomic mass is 35.5. The van der Waals surface area contributed by atoms with Crippen molar-refractivity contribution in [1.29, 1.82) is 0 Å². The summed E-state index contributed by atoms with van der Waals surface area (Å²) in [7, 11) is 0. The van der Waals surface area contributed by atoms with E-state index in [-0.39, 0.29) is 18.2 Å². The van der Waals surface area contributed by atoms with Crippen LogP contribution in [0, 0.1) is 0 Å². The minimum absolute atomic E-state index is 0.0788. The van der Waals surface area contributed by atoms with E-state index in [9.17, 15) is 4.79 Å². The number of hydrogen-bond acceptors (Lipinski definition) is 3. The van der Waals surface area contributed by atoms with Gasteiger partial charge in [0.15, 0.2) is 0 Å².